The first-order valence-corrected chi connectivity index (χ1v) is 6.67. The van der Waals surface area contributed by atoms with Gasteiger partial charge in [-0.2, -0.15) is 13.2 Å². The highest BCUT2D eigenvalue weighted by Crippen LogP contribution is 2.34. The van der Waals surface area contributed by atoms with Crippen molar-refractivity contribution in [2.24, 2.45) is 0 Å². The zero-order valence-electron chi connectivity index (χ0n) is 10.4. The summed E-state index contributed by atoms with van der Waals surface area (Å²) in [5.74, 6) is 0.0806. The van der Waals surface area contributed by atoms with Crippen molar-refractivity contribution in [1.29, 1.82) is 0 Å². The lowest BCUT2D eigenvalue weighted by Crippen LogP contribution is -2.31. The molecule has 1 aromatic heterocycles. The topological polar surface area (TPSA) is 61.5 Å². The van der Waals surface area contributed by atoms with Crippen LogP contribution in [0.25, 0.3) is 23.5 Å². The van der Waals surface area contributed by atoms with E-state index in [9.17, 15) is 18.0 Å². The molecule has 4 nitrogen and oxygen atoms in total. The number of fused-ring (bicyclic) bond motifs is 1. The Bertz CT molecular complexity index is 921. The highest BCUT2D eigenvalue weighted by molar-refractivity contribution is 7.11. The minimum absolute atomic E-state index is 0.0146. The first-order chi connectivity index (χ1) is 9.88. The molecule has 0 saturated heterocycles. The second-order valence-electron chi connectivity index (χ2n) is 4.29. The summed E-state index contributed by atoms with van der Waals surface area (Å²) < 4.78 is 40.2. The van der Waals surface area contributed by atoms with Gasteiger partial charge in [-0.1, -0.05) is 12.6 Å². The molecule has 2 N–H and O–H groups in total. The van der Waals surface area contributed by atoms with Crippen LogP contribution in [0.15, 0.2) is 28.5 Å². The minimum atomic E-state index is -4.65. The number of H-pyrrole nitrogens is 2. The van der Waals surface area contributed by atoms with Crippen molar-refractivity contribution >= 4 is 23.5 Å². The summed E-state index contributed by atoms with van der Waals surface area (Å²) >= 11 is 0.924. The first kappa shape index (κ1) is 13.6. The van der Waals surface area contributed by atoms with E-state index in [-0.39, 0.29) is 21.7 Å². The fourth-order valence-corrected chi connectivity index (χ4v) is 2.90. The van der Waals surface area contributed by atoms with Crippen LogP contribution in [0, 0.1) is 0 Å². The number of hydrogen-bond donors (Lipinski definition) is 2. The number of rotatable bonds is 1. The Hall–Kier alpha value is -2.35. The lowest BCUT2D eigenvalue weighted by molar-refractivity contribution is -0.0692. The van der Waals surface area contributed by atoms with Crippen molar-refractivity contribution in [2.45, 2.75) is 6.18 Å². The van der Waals surface area contributed by atoms with Crippen LogP contribution >= 0.6 is 11.3 Å². The molecule has 0 aliphatic carbocycles. The maximum atomic E-state index is 13.4. The highest BCUT2D eigenvalue weighted by Gasteiger charge is 2.38. The van der Waals surface area contributed by atoms with E-state index in [1.807, 2.05) is 0 Å². The second-order valence-corrected chi connectivity index (χ2v) is 5.24. The Kier molecular flexibility index (Phi) is 2.98. The Morgan fingerprint density at radius 1 is 1.38 bits per heavy atom. The van der Waals surface area contributed by atoms with Gasteiger partial charge in [0.15, 0.2) is 0 Å². The van der Waals surface area contributed by atoms with E-state index >= 15 is 0 Å². The standard InChI is InChI=1S/C13H8F3N3OS/c1-6-17-5-7-9(12(20)19-11(7)18-6)10(13(14,15)16)8-3-2-4-21-8/h2-5,17H,1H2,(H,18,19,20). The van der Waals surface area contributed by atoms with Crippen molar-refractivity contribution in [3.8, 4) is 11.4 Å². The number of halogens is 3. The largest absolute Gasteiger partial charge is 0.418 e. The van der Waals surface area contributed by atoms with E-state index in [0.717, 1.165) is 11.3 Å². The predicted molar refractivity (Wildman–Crippen MR) is 73.5 cm³/mol. The van der Waals surface area contributed by atoms with Gasteiger partial charge in [0.1, 0.15) is 11.3 Å². The summed E-state index contributed by atoms with van der Waals surface area (Å²) in [5.41, 5.74) is -1.44. The number of aromatic amines is 2. The molecule has 0 aromatic carbocycles. The van der Waals surface area contributed by atoms with Crippen LogP contribution in [-0.4, -0.2) is 21.1 Å². The first-order valence-electron chi connectivity index (χ1n) is 5.79. The molecule has 21 heavy (non-hydrogen) atoms. The summed E-state index contributed by atoms with van der Waals surface area (Å²) in [4.78, 5) is 20.8. The molecular formula is C13H8F3N3OS. The molecule has 0 fully saturated rings. The van der Waals surface area contributed by atoms with Crippen molar-refractivity contribution < 1.29 is 13.2 Å². The molecule has 3 rings (SSSR count). The summed E-state index contributed by atoms with van der Waals surface area (Å²) in [6.07, 6.45) is -3.35. The smallest absolute Gasteiger partial charge is 0.346 e. The van der Waals surface area contributed by atoms with Crippen LogP contribution < -0.4 is 16.3 Å². The molecule has 2 aliphatic heterocycles. The molecule has 0 unspecified atom stereocenters. The molecule has 1 aromatic rings. The molecule has 0 bridgehead atoms. The van der Waals surface area contributed by atoms with Crippen LogP contribution in [0.3, 0.4) is 0 Å². The molecule has 0 atom stereocenters. The molecule has 0 amide bonds. The summed E-state index contributed by atoms with van der Waals surface area (Å²) in [7, 11) is 0. The van der Waals surface area contributed by atoms with Crippen molar-refractivity contribution in [3.05, 3.63) is 49.6 Å². The van der Waals surface area contributed by atoms with Gasteiger partial charge >= 0.3 is 6.18 Å². The molecule has 0 saturated carbocycles. The van der Waals surface area contributed by atoms with Crippen molar-refractivity contribution in [1.82, 2.24) is 15.0 Å². The molecule has 8 heteroatoms. The Morgan fingerprint density at radius 3 is 2.76 bits per heavy atom. The van der Waals surface area contributed by atoms with Gasteiger partial charge in [-0.05, 0) is 11.4 Å². The van der Waals surface area contributed by atoms with E-state index in [2.05, 4.69) is 21.5 Å². The number of aromatic nitrogens is 3. The third-order valence-electron chi connectivity index (χ3n) is 2.91. The molecule has 0 radical (unpaired) electrons. The maximum Gasteiger partial charge on any atom is 0.418 e. The zero-order valence-corrected chi connectivity index (χ0v) is 11.2. The van der Waals surface area contributed by atoms with E-state index in [1.54, 1.807) is 0 Å². The van der Waals surface area contributed by atoms with Gasteiger partial charge in [-0.3, -0.25) is 4.79 Å². The van der Waals surface area contributed by atoms with Crippen LogP contribution in [0.1, 0.15) is 4.88 Å². The van der Waals surface area contributed by atoms with Crippen molar-refractivity contribution in [2.75, 3.05) is 0 Å². The molecule has 2 aliphatic rings. The average molecular weight is 311 g/mol. The number of nitrogens with one attached hydrogen (secondary N) is 2. The van der Waals surface area contributed by atoms with Gasteiger partial charge in [0, 0.05) is 16.6 Å². The number of nitrogens with zero attached hydrogens (tertiary/aromatic N) is 1. The fourth-order valence-electron chi connectivity index (χ4n) is 2.10. The quantitative estimate of drug-likeness (QED) is 0.714. The Morgan fingerprint density at radius 2 is 2.14 bits per heavy atom. The van der Waals surface area contributed by atoms with Gasteiger partial charge in [-0.25, -0.2) is 4.98 Å². The van der Waals surface area contributed by atoms with Gasteiger partial charge in [0.25, 0.3) is 5.56 Å². The number of alkyl halides is 3. The van der Waals surface area contributed by atoms with Crippen LogP contribution in [0.5, 0.6) is 0 Å². The van der Waals surface area contributed by atoms with Gasteiger partial charge in [-0.15, -0.1) is 11.3 Å². The SMILES string of the molecule is C=c1nc2[nH]c(=O)c(=C(c3cccs3)C(F)(F)F)c-2c[nH]1. The van der Waals surface area contributed by atoms with Crippen LogP contribution in [-0.2, 0) is 0 Å². The molecular weight excluding hydrogens is 303 g/mol. The maximum absolute atomic E-state index is 13.4. The van der Waals surface area contributed by atoms with E-state index in [0.29, 0.717) is 0 Å². The predicted octanol–water partition coefficient (Wildman–Crippen LogP) is 1.44. The van der Waals surface area contributed by atoms with Gasteiger partial charge in [0.05, 0.1) is 10.8 Å². The van der Waals surface area contributed by atoms with E-state index in [4.69, 9.17) is 0 Å². The monoisotopic (exact) mass is 311 g/mol. The van der Waals surface area contributed by atoms with Crippen LogP contribution in [0.4, 0.5) is 13.2 Å². The summed E-state index contributed by atoms with van der Waals surface area (Å²) in [6, 6.07) is 2.84. The average Bonchev–Trinajstić information content (AvgIpc) is 2.97. The Labute approximate surface area is 119 Å². The third kappa shape index (κ3) is 2.27. The lowest BCUT2D eigenvalue weighted by Gasteiger charge is -2.09. The second kappa shape index (κ2) is 4.59. The van der Waals surface area contributed by atoms with Gasteiger partial charge in [0.2, 0.25) is 0 Å². The van der Waals surface area contributed by atoms with E-state index in [1.165, 1.54) is 23.7 Å². The highest BCUT2D eigenvalue weighted by atomic mass is 32.1. The summed E-state index contributed by atoms with van der Waals surface area (Å²) in [5, 5.41) is 1.10. The molecule has 3 heterocycles. The lowest BCUT2D eigenvalue weighted by atomic mass is 10.1. The molecule has 0 spiro atoms. The minimum Gasteiger partial charge on any atom is -0.346 e. The fraction of sp³-hybridized carbons (Fsp3) is 0.0769. The number of thiophene rings is 1. The summed E-state index contributed by atoms with van der Waals surface area (Å²) in [6.45, 7) is 3.54. The Balaban J connectivity index is 2.52. The normalized spacial score (nSPS) is 13.7. The van der Waals surface area contributed by atoms with Gasteiger partial charge < -0.3 is 9.97 Å². The number of hydrogen-bond acceptors (Lipinski definition) is 3. The third-order valence-corrected chi connectivity index (χ3v) is 3.80. The van der Waals surface area contributed by atoms with E-state index < -0.39 is 22.5 Å². The van der Waals surface area contributed by atoms with Crippen molar-refractivity contribution in [3.63, 3.8) is 0 Å². The molecule has 108 valence electrons. The zero-order chi connectivity index (χ0) is 15.2. The van der Waals surface area contributed by atoms with Crippen LogP contribution in [0.2, 0.25) is 0 Å².